The molecule has 0 aliphatic rings. The minimum Gasteiger partial charge on any atom is -0.303 e. The molecule has 16 heavy (non-hydrogen) atoms. The van der Waals surface area contributed by atoms with E-state index in [0.717, 1.165) is 10.6 Å². The number of nitrogens with one attached hydrogen (secondary N) is 2. The second-order valence-corrected chi connectivity index (χ2v) is 3.86. The topological polar surface area (TPSA) is 66.5 Å². The Hall–Kier alpha value is -1.46. The van der Waals surface area contributed by atoms with E-state index < -0.39 is 0 Å². The van der Waals surface area contributed by atoms with Crippen molar-refractivity contribution in [1.82, 2.24) is 25.9 Å². The Balaban J connectivity index is 1.98. The van der Waals surface area contributed by atoms with E-state index in [1.807, 2.05) is 31.2 Å². The van der Waals surface area contributed by atoms with Gasteiger partial charge in [0.2, 0.25) is 0 Å². The molecule has 0 radical (unpaired) electrons. The van der Waals surface area contributed by atoms with Crippen LogP contribution >= 0.6 is 11.6 Å². The lowest BCUT2D eigenvalue weighted by atomic mass is 10.1. The summed E-state index contributed by atoms with van der Waals surface area (Å²) in [7, 11) is 0. The normalized spacial score (nSPS) is 12.6. The summed E-state index contributed by atoms with van der Waals surface area (Å²) in [6.07, 6.45) is 0. The van der Waals surface area contributed by atoms with Gasteiger partial charge >= 0.3 is 0 Å². The number of hydrogen-bond acceptors (Lipinski definition) is 4. The van der Waals surface area contributed by atoms with Gasteiger partial charge in [-0.1, -0.05) is 35.0 Å². The highest BCUT2D eigenvalue weighted by atomic mass is 35.5. The molecule has 1 aromatic carbocycles. The Bertz CT molecular complexity index is 442. The fourth-order valence-corrected chi connectivity index (χ4v) is 1.74. The molecule has 2 N–H and O–H groups in total. The van der Waals surface area contributed by atoms with Gasteiger partial charge in [-0.25, -0.2) is 0 Å². The van der Waals surface area contributed by atoms with Gasteiger partial charge in [-0.2, -0.15) is 5.21 Å². The van der Waals surface area contributed by atoms with Crippen molar-refractivity contribution < 1.29 is 0 Å². The summed E-state index contributed by atoms with van der Waals surface area (Å²) in [5.74, 6) is 0.638. The maximum Gasteiger partial charge on any atom is 0.188 e. The molecule has 0 spiro atoms. The summed E-state index contributed by atoms with van der Waals surface area (Å²) in [6, 6.07) is 7.90. The molecular weight excluding hydrogens is 226 g/mol. The predicted molar refractivity (Wildman–Crippen MR) is 60.9 cm³/mol. The van der Waals surface area contributed by atoms with Crippen molar-refractivity contribution in [2.24, 2.45) is 0 Å². The third-order valence-electron chi connectivity index (χ3n) is 2.33. The number of aromatic nitrogens is 4. The SMILES string of the molecule is CC(NCc1nn[nH]n1)c1ccccc1Cl. The van der Waals surface area contributed by atoms with E-state index in [9.17, 15) is 0 Å². The summed E-state index contributed by atoms with van der Waals surface area (Å²) < 4.78 is 0. The standard InChI is InChI=1S/C10H12ClN5/c1-7(8-4-2-3-5-9(8)11)12-6-10-13-15-16-14-10/h2-5,7,12H,6H2,1H3,(H,13,14,15,16). The highest BCUT2D eigenvalue weighted by Gasteiger charge is 2.09. The summed E-state index contributed by atoms with van der Waals surface area (Å²) in [5, 5.41) is 17.7. The highest BCUT2D eigenvalue weighted by Crippen LogP contribution is 2.22. The van der Waals surface area contributed by atoms with Crippen LogP contribution in [0.1, 0.15) is 24.4 Å². The first kappa shape index (κ1) is 11.0. The molecule has 0 saturated heterocycles. The molecule has 0 aliphatic carbocycles. The van der Waals surface area contributed by atoms with Crippen molar-refractivity contribution in [1.29, 1.82) is 0 Å². The number of tetrazole rings is 1. The number of rotatable bonds is 4. The number of aromatic amines is 1. The zero-order valence-electron chi connectivity index (χ0n) is 8.81. The third-order valence-corrected chi connectivity index (χ3v) is 2.67. The summed E-state index contributed by atoms with van der Waals surface area (Å²) in [5.41, 5.74) is 1.06. The molecule has 0 bridgehead atoms. The van der Waals surface area contributed by atoms with Gasteiger partial charge in [-0.05, 0) is 18.6 Å². The average Bonchev–Trinajstić information content (AvgIpc) is 2.79. The van der Waals surface area contributed by atoms with Gasteiger partial charge in [0.1, 0.15) is 0 Å². The Morgan fingerprint density at radius 1 is 1.44 bits per heavy atom. The minimum absolute atomic E-state index is 0.146. The van der Waals surface area contributed by atoms with Gasteiger partial charge in [-0.3, -0.25) is 0 Å². The van der Waals surface area contributed by atoms with E-state index in [2.05, 4.69) is 25.9 Å². The quantitative estimate of drug-likeness (QED) is 0.850. The van der Waals surface area contributed by atoms with Crippen LogP contribution in [0.25, 0.3) is 0 Å². The highest BCUT2D eigenvalue weighted by molar-refractivity contribution is 6.31. The lowest BCUT2D eigenvalue weighted by Crippen LogP contribution is -2.19. The fraction of sp³-hybridized carbons (Fsp3) is 0.300. The van der Waals surface area contributed by atoms with E-state index in [-0.39, 0.29) is 6.04 Å². The Morgan fingerprint density at radius 2 is 2.25 bits per heavy atom. The van der Waals surface area contributed by atoms with Crippen LogP contribution in [0.5, 0.6) is 0 Å². The Morgan fingerprint density at radius 3 is 2.94 bits per heavy atom. The second kappa shape index (κ2) is 5.05. The number of benzene rings is 1. The molecule has 2 aromatic rings. The van der Waals surface area contributed by atoms with Crippen LogP contribution in [-0.2, 0) is 6.54 Å². The van der Waals surface area contributed by atoms with Gasteiger partial charge in [0, 0.05) is 11.1 Å². The van der Waals surface area contributed by atoms with E-state index >= 15 is 0 Å². The zero-order chi connectivity index (χ0) is 11.4. The molecule has 0 fully saturated rings. The van der Waals surface area contributed by atoms with Crippen LogP contribution in [0.15, 0.2) is 24.3 Å². The first-order valence-corrected chi connectivity index (χ1v) is 5.35. The third kappa shape index (κ3) is 2.56. The van der Waals surface area contributed by atoms with E-state index in [1.165, 1.54) is 0 Å². The maximum atomic E-state index is 6.09. The number of H-pyrrole nitrogens is 1. The number of hydrogen-bond donors (Lipinski definition) is 2. The molecule has 1 aromatic heterocycles. The molecule has 0 aliphatic heterocycles. The zero-order valence-corrected chi connectivity index (χ0v) is 9.57. The van der Waals surface area contributed by atoms with Crippen molar-refractivity contribution in [3.8, 4) is 0 Å². The lowest BCUT2D eigenvalue weighted by molar-refractivity contribution is 0.559. The van der Waals surface area contributed by atoms with E-state index in [1.54, 1.807) is 0 Å². The Kier molecular flexibility index (Phi) is 3.48. The predicted octanol–water partition coefficient (Wildman–Crippen LogP) is 1.70. The number of nitrogens with zero attached hydrogens (tertiary/aromatic N) is 3. The van der Waals surface area contributed by atoms with Crippen molar-refractivity contribution >= 4 is 11.6 Å². The molecule has 84 valence electrons. The molecular formula is C10H12ClN5. The van der Waals surface area contributed by atoms with Crippen molar-refractivity contribution in [2.75, 3.05) is 0 Å². The van der Waals surface area contributed by atoms with Crippen molar-refractivity contribution in [2.45, 2.75) is 19.5 Å². The van der Waals surface area contributed by atoms with Gasteiger partial charge in [0.25, 0.3) is 0 Å². The van der Waals surface area contributed by atoms with Gasteiger partial charge in [0.05, 0.1) is 6.54 Å². The van der Waals surface area contributed by atoms with Crippen LogP contribution in [0, 0.1) is 0 Å². The van der Waals surface area contributed by atoms with Crippen LogP contribution in [0.2, 0.25) is 5.02 Å². The van der Waals surface area contributed by atoms with Crippen molar-refractivity contribution in [3.05, 3.63) is 40.7 Å². The van der Waals surface area contributed by atoms with Crippen LogP contribution in [0.4, 0.5) is 0 Å². The molecule has 0 amide bonds. The molecule has 1 heterocycles. The first-order chi connectivity index (χ1) is 7.77. The summed E-state index contributed by atoms with van der Waals surface area (Å²) in [6.45, 7) is 2.60. The van der Waals surface area contributed by atoms with E-state index in [0.29, 0.717) is 12.4 Å². The minimum atomic E-state index is 0.146. The molecule has 2 rings (SSSR count). The molecule has 5 nitrogen and oxygen atoms in total. The molecule has 1 unspecified atom stereocenters. The van der Waals surface area contributed by atoms with Crippen molar-refractivity contribution in [3.63, 3.8) is 0 Å². The van der Waals surface area contributed by atoms with Gasteiger partial charge in [0.15, 0.2) is 5.82 Å². The molecule has 0 saturated carbocycles. The smallest absolute Gasteiger partial charge is 0.188 e. The summed E-state index contributed by atoms with van der Waals surface area (Å²) in [4.78, 5) is 0. The van der Waals surface area contributed by atoms with Crippen LogP contribution < -0.4 is 5.32 Å². The van der Waals surface area contributed by atoms with Gasteiger partial charge in [-0.15, -0.1) is 10.2 Å². The van der Waals surface area contributed by atoms with E-state index in [4.69, 9.17) is 11.6 Å². The van der Waals surface area contributed by atoms with Crippen LogP contribution in [-0.4, -0.2) is 20.6 Å². The fourth-order valence-electron chi connectivity index (χ4n) is 1.44. The summed E-state index contributed by atoms with van der Waals surface area (Å²) >= 11 is 6.09. The Labute approximate surface area is 98.2 Å². The molecule has 1 atom stereocenters. The maximum absolute atomic E-state index is 6.09. The second-order valence-electron chi connectivity index (χ2n) is 3.45. The largest absolute Gasteiger partial charge is 0.303 e. The van der Waals surface area contributed by atoms with Gasteiger partial charge < -0.3 is 5.32 Å². The number of halogens is 1. The van der Waals surface area contributed by atoms with Crippen LogP contribution in [0.3, 0.4) is 0 Å². The average molecular weight is 238 g/mol. The first-order valence-electron chi connectivity index (χ1n) is 4.97. The molecule has 6 heteroatoms. The monoisotopic (exact) mass is 237 g/mol. The lowest BCUT2D eigenvalue weighted by Gasteiger charge is -2.14.